The van der Waals surface area contributed by atoms with Crippen molar-refractivity contribution in [1.82, 2.24) is 4.98 Å². The summed E-state index contributed by atoms with van der Waals surface area (Å²) in [6.07, 6.45) is 0.964. The van der Waals surface area contributed by atoms with E-state index in [9.17, 15) is 0 Å². The number of methoxy groups -OCH3 is 2. The summed E-state index contributed by atoms with van der Waals surface area (Å²) in [6.45, 7) is 7.98. The maximum absolute atomic E-state index is 5.82. The lowest BCUT2D eigenvalue weighted by Crippen LogP contribution is -2.30. The Balaban J connectivity index is 2.94. The zero-order valence-corrected chi connectivity index (χ0v) is 13.8. The summed E-state index contributed by atoms with van der Waals surface area (Å²) in [5.41, 5.74) is 8.03. The summed E-state index contributed by atoms with van der Waals surface area (Å²) in [4.78, 5) is 7.03. The van der Waals surface area contributed by atoms with Gasteiger partial charge in [-0.05, 0) is 30.0 Å². The van der Waals surface area contributed by atoms with E-state index in [2.05, 4.69) is 30.9 Å². The van der Waals surface area contributed by atoms with Gasteiger partial charge in [0.05, 0.1) is 6.61 Å². The number of pyridine rings is 1. The van der Waals surface area contributed by atoms with Crippen LogP contribution in [0.15, 0.2) is 12.1 Å². The first kappa shape index (κ1) is 17.9. The average Bonchev–Trinajstić information content (AvgIpc) is 2.50. The largest absolute Gasteiger partial charge is 0.385 e. The Hall–Kier alpha value is -1.17. The highest BCUT2D eigenvalue weighted by Gasteiger charge is 2.12. The van der Waals surface area contributed by atoms with Crippen molar-refractivity contribution >= 4 is 5.82 Å². The van der Waals surface area contributed by atoms with Gasteiger partial charge in [-0.3, -0.25) is 0 Å². The van der Waals surface area contributed by atoms with Crippen molar-refractivity contribution in [3.63, 3.8) is 0 Å². The third-order valence-corrected chi connectivity index (χ3v) is 3.38. The number of hydrogen-bond donors (Lipinski definition) is 1. The van der Waals surface area contributed by atoms with Gasteiger partial charge in [-0.25, -0.2) is 4.98 Å². The topological polar surface area (TPSA) is 60.6 Å². The molecule has 1 heterocycles. The molecule has 5 nitrogen and oxygen atoms in total. The Morgan fingerprint density at radius 3 is 2.43 bits per heavy atom. The molecule has 0 aromatic carbocycles. The molecule has 0 radical (unpaired) electrons. The predicted molar refractivity (Wildman–Crippen MR) is 86.8 cm³/mol. The first-order chi connectivity index (χ1) is 10.1. The molecule has 0 spiro atoms. The molecule has 2 N–H and O–H groups in total. The van der Waals surface area contributed by atoms with Crippen LogP contribution in [0.1, 0.15) is 37.4 Å². The monoisotopic (exact) mass is 295 g/mol. The van der Waals surface area contributed by atoms with Crippen molar-refractivity contribution in [1.29, 1.82) is 0 Å². The molecule has 0 aliphatic heterocycles. The number of hydrogen-bond acceptors (Lipinski definition) is 5. The van der Waals surface area contributed by atoms with E-state index in [1.54, 1.807) is 14.2 Å². The van der Waals surface area contributed by atoms with Gasteiger partial charge in [0.15, 0.2) is 0 Å². The Morgan fingerprint density at radius 1 is 1.14 bits per heavy atom. The van der Waals surface area contributed by atoms with Gasteiger partial charge in [0.1, 0.15) is 5.82 Å². The molecule has 120 valence electrons. The number of rotatable bonds is 10. The molecule has 0 amide bonds. The molecule has 0 aliphatic rings. The highest BCUT2D eigenvalue weighted by molar-refractivity contribution is 5.43. The molecule has 0 saturated carbocycles. The van der Waals surface area contributed by atoms with E-state index in [4.69, 9.17) is 20.2 Å². The van der Waals surface area contributed by atoms with Gasteiger partial charge >= 0.3 is 0 Å². The van der Waals surface area contributed by atoms with Crippen LogP contribution in [0.5, 0.6) is 0 Å². The second-order valence-electron chi connectivity index (χ2n) is 5.44. The highest BCUT2D eigenvalue weighted by atomic mass is 16.5. The summed E-state index contributed by atoms with van der Waals surface area (Å²) in [7, 11) is 3.44. The van der Waals surface area contributed by atoms with Crippen LogP contribution >= 0.6 is 0 Å². The molecule has 0 aliphatic carbocycles. The van der Waals surface area contributed by atoms with Crippen molar-refractivity contribution < 1.29 is 9.47 Å². The number of ether oxygens (including phenoxy) is 2. The molecular formula is C16H29N3O2. The smallest absolute Gasteiger partial charge is 0.129 e. The molecule has 1 aromatic rings. The second kappa shape index (κ2) is 9.71. The lowest BCUT2D eigenvalue weighted by molar-refractivity contribution is 0.191. The van der Waals surface area contributed by atoms with Crippen LogP contribution in [0, 0.1) is 0 Å². The molecule has 1 rings (SSSR count). The van der Waals surface area contributed by atoms with Crippen LogP contribution < -0.4 is 10.6 Å². The molecule has 0 bridgehead atoms. The van der Waals surface area contributed by atoms with E-state index in [0.29, 0.717) is 19.1 Å². The van der Waals surface area contributed by atoms with Crippen molar-refractivity contribution in [2.75, 3.05) is 45.4 Å². The van der Waals surface area contributed by atoms with E-state index >= 15 is 0 Å². The maximum Gasteiger partial charge on any atom is 0.129 e. The quantitative estimate of drug-likeness (QED) is 0.670. The third kappa shape index (κ3) is 5.99. The Morgan fingerprint density at radius 2 is 1.86 bits per heavy atom. The van der Waals surface area contributed by atoms with E-state index in [1.165, 1.54) is 0 Å². The van der Waals surface area contributed by atoms with Crippen LogP contribution in [0.4, 0.5) is 5.82 Å². The van der Waals surface area contributed by atoms with Crippen molar-refractivity contribution in [3.8, 4) is 0 Å². The van der Waals surface area contributed by atoms with Crippen LogP contribution in [0.25, 0.3) is 0 Å². The minimum Gasteiger partial charge on any atom is -0.385 e. The van der Waals surface area contributed by atoms with Crippen molar-refractivity contribution in [2.24, 2.45) is 5.73 Å². The SMILES string of the molecule is COCCCN(CCOC)c1cc(CN)cc(C(C)C)n1. The van der Waals surface area contributed by atoms with E-state index < -0.39 is 0 Å². The summed E-state index contributed by atoms with van der Waals surface area (Å²) >= 11 is 0. The first-order valence-electron chi connectivity index (χ1n) is 7.56. The molecule has 0 saturated heterocycles. The van der Waals surface area contributed by atoms with E-state index in [-0.39, 0.29) is 0 Å². The van der Waals surface area contributed by atoms with Gasteiger partial charge in [0, 0.05) is 46.2 Å². The third-order valence-electron chi connectivity index (χ3n) is 3.38. The van der Waals surface area contributed by atoms with Crippen molar-refractivity contribution in [2.45, 2.75) is 32.7 Å². The Bertz CT molecular complexity index is 411. The fourth-order valence-electron chi connectivity index (χ4n) is 2.11. The van der Waals surface area contributed by atoms with Crippen LogP contribution in [0.2, 0.25) is 0 Å². The zero-order chi connectivity index (χ0) is 15.7. The molecule has 0 fully saturated rings. The van der Waals surface area contributed by atoms with Gasteiger partial charge in [-0.1, -0.05) is 13.8 Å². The van der Waals surface area contributed by atoms with E-state index in [1.807, 2.05) is 0 Å². The first-order valence-corrected chi connectivity index (χ1v) is 7.56. The van der Waals surface area contributed by atoms with Gasteiger partial charge in [0.2, 0.25) is 0 Å². The Kier molecular flexibility index (Phi) is 8.27. The molecule has 1 aromatic heterocycles. The molecule has 0 unspecified atom stereocenters. The predicted octanol–water partition coefficient (Wildman–Crippen LogP) is 2.15. The van der Waals surface area contributed by atoms with Crippen LogP contribution in [-0.4, -0.2) is 45.5 Å². The second-order valence-corrected chi connectivity index (χ2v) is 5.44. The number of nitrogens with two attached hydrogens (primary N) is 1. The lowest BCUT2D eigenvalue weighted by Gasteiger charge is -2.25. The zero-order valence-electron chi connectivity index (χ0n) is 13.8. The standard InChI is InChI=1S/C16H29N3O2/c1-13(2)15-10-14(12-17)11-16(18-15)19(7-9-21-4)6-5-8-20-3/h10-11,13H,5-9,12,17H2,1-4H3. The summed E-state index contributed by atoms with van der Waals surface area (Å²) in [6, 6.07) is 4.17. The fraction of sp³-hybridized carbons (Fsp3) is 0.688. The van der Waals surface area contributed by atoms with Crippen LogP contribution in [0.3, 0.4) is 0 Å². The highest BCUT2D eigenvalue weighted by Crippen LogP contribution is 2.20. The molecular weight excluding hydrogens is 266 g/mol. The summed E-state index contributed by atoms with van der Waals surface area (Å²) < 4.78 is 10.4. The van der Waals surface area contributed by atoms with Crippen molar-refractivity contribution in [3.05, 3.63) is 23.4 Å². The minimum absolute atomic E-state index is 0.388. The normalized spacial score (nSPS) is 11.1. The molecule has 5 heteroatoms. The van der Waals surface area contributed by atoms with Crippen LogP contribution in [-0.2, 0) is 16.0 Å². The number of aromatic nitrogens is 1. The maximum atomic E-state index is 5.82. The van der Waals surface area contributed by atoms with Gasteiger partial charge in [-0.2, -0.15) is 0 Å². The Labute approximate surface area is 128 Å². The fourth-order valence-corrected chi connectivity index (χ4v) is 2.11. The van der Waals surface area contributed by atoms with Gasteiger partial charge in [-0.15, -0.1) is 0 Å². The van der Waals surface area contributed by atoms with E-state index in [0.717, 1.165) is 43.2 Å². The minimum atomic E-state index is 0.388. The average molecular weight is 295 g/mol. The number of anilines is 1. The number of nitrogens with zero attached hydrogens (tertiary/aromatic N) is 2. The lowest BCUT2D eigenvalue weighted by atomic mass is 10.1. The summed E-state index contributed by atoms with van der Waals surface area (Å²) in [5.74, 6) is 1.37. The van der Waals surface area contributed by atoms with Gasteiger partial charge in [0.25, 0.3) is 0 Å². The van der Waals surface area contributed by atoms with Gasteiger partial charge < -0.3 is 20.1 Å². The molecule has 0 atom stereocenters. The summed E-state index contributed by atoms with van der Waals surface area (Å²) in [5, 5.41) is 0. The molecule has 21 heavy (non-hydrogen) atoms.